The number of aliphatic carboxylic acids is 1. The van der Waals surface area contributed by atoms with E-state index in [0.29, 0.717) is 0 Å². The van der Waals surface area contributed by atoms with Crippen LogP contribution in [-0.2, 0) is 4.79 Å². The fraction of sp³-hybridized carbons (Fsp3) is 0.182. The van der Waals surface area contributed by atoms with E-state index in [-0.39, 0.29) is 12.1 Å². The van der Waals surface area contributed by atoms with Gasteiger partial charge >= 0.3 is 5.97 Å². The van der Waals surface area contributed by atoms with Crippen molar-refractivity contribution in [2.45, 2.75) is 12.5 Å². The molecule has 96 valence electrons. The van der Waals surface area contributed by atoms with E-state index in [9.17, 15) is 19.3 Å². The zero-order valence-corrected chi connectivity index (χ0v) is 9.30. The van der Waals surface area contributed by atoms with E-state index in [1.807, 2.05) is 0 Å². The number of benzene rings is 1. The van der Waals surface area contributed by atoms with Gasteiger partial charge in [0.25, 0.3) is 5.69 Å². The van der Waals surface area contributed by atoms with Crippen molar-refractivity contribution in [1.29, 1.82) is 0 Å². The molecule has 0 radical (unpaired) electrons. The highest BCUT2D eigenvalue weighted by atomic mass is 19.1. The third-order valence-electron chi connectivity index (χ3n) is 2.19. The average molecular weight is 254 g/mol. The zero-order chi connectivity index (χ0) is 13.7. The topological polar surface area (TPSA) is 92.5 Å². The van der Waals surface area contributed by atoms with Crippen LogP contribution in [0.5, 0.6) is 0 Å². The Kier molecular flexibility index (Phi) is 4.36. The summed E-state index contributed by atoms with van der Waals surface area (Å²) >= 11 is 0. The quantitative estimate of drug-likeness (QED) is 0.461. The van der Waals surface area contributed by atoms with Gasteiger partial charge in [-0.05, 0) is 18.6 Å². The van der Waals surface area contributed by atoms with Crippen molar-refractivity contribution in [3.63, 3.8) is 0 Å². The molecule has 0 amide bonds. The van der Waals surface area contributed by atoms with Gasteiger partial charge in [-0.1, -0.05) is 6.08 Å². The number of carbonyl (C=O) groups is 1. The molecular weight excluding hydrogens is 243 g/mol. The van der Waals surface area contributed by atoms with Gasteiger partial charge in [0.15, 0.2) is 0 Å². The molecule has 2 N–H and O–H groups in total. The Hall–Kier alpha value is -2.44. The van der Waals surface area contributed by atoms with Gasteiger partial charge in [-0.15, -0.1) is 6.58 Å². The Morgan fingerprint density at radius 3 is 2.83 bits per heavy atom. The molecule has 7 heteroatoms. The van der Waals surface area contributed by atoms with E-state index in [2.05, 4.69) is 11.9 Å². The first-order chi connectivity index (χ1) is 8.45. The summed E-state index contributed by atoms with van der Waals surface area (Å²) in [5.41, 5.74) is -0.555. The Bertz CT molecular complexity index is 490. The maximum absolute atomic E-state index is 12.9. The molecule has 18 heavy (non-hydrogen) atoms. The number of hydrogen-bond acceptors (Lipinski definition) is 4. The Labute approximate surface area is 102 Å². The van der Waals surface area contributed by atoms with Crippen LogP contribution in [0.1, 0.15) is 6.42 Å². The molecule has 0 bridgehead atoms. The molecule has 0 aliphatic rings. The number of carboxylic acid groups (broad SMARTS) is 1. The number of halogens is 1. The molecule has 0 spiro atoms. The van der Waals surface area contributed by atoms with Crippen molar-refractivity contribution < 1.29 is 19.2 Å². The molecular formula is C11H11FN2O4. The van der Waals surface area contributed by atoms with Crippen LogP contribution in [0.4, 0.5) is 15.8 Å². The van der Waals surface area contributed by atoms with Crippen molar-refractivity contribution in [2.75, 3.05) is 5.32 Å². The molecule has 1 rings (SSSR count). The second-order valence-electron chi connectivity index (χ2n) is 3.48. The summed E-state index contributed by atoms with van der Waals surface area (Å²) in [5, 5.41) is 22.1. The van der Waals surface area contributed by atoms with E-state index in [0.717, 1.165) is 18.2 Å². The minimum absolute atomic E-state index is 0.0457. The number of rotatable bonds is 6. The molecule has 0 saturated carbocycles. The fourth-order valence-electron chi connectivity index (χ4n) is 1.35. The number of nitrogens with one attached hydrogen (secondary N) is 1. The molecule has 1 aromatic rings. The van der Waals surface area contributed by atoms with E-state index in [4.69, 9.17) is 5.11 Å². The Balaban J connectivity index is 3.05. The van der Waals surface area contributed by atoms with Crippen molar-refractivity contribution in [2.24, 2.45) is 0 Å². The highest BCUT2D eigenvalue weighted by Gasteiger charge is 2.21. The lowest BCUT2D eigenvalue weighted by Crippen LogP contribution is -2.28. The predicted molar refractivity (Wildman–Crippen MR) is 62.9 cm³/mol. The summed E-state index contributed by atoms with van der Waals surface area (Å²) in [4.78, 5) is 20.8. The van der Waals surface area contributed by atoms with Crippen LogP contribution in [-0.4, -0.2) is 22.0 Å². The first-order valence-corrected chi connectivity index (χ1v) is 5.00. The number of nitro benzene ring substituents is 1. The van der Waals surface area contributed by atoms with Crippen molar-refractivity contribution in [3.05, 3.63) is 46.8 Å². The average Bonchev–Trinajstić information content (AvgIpc) is 2.30. The normalized spacial score (nSPS) is 11.6. The summed E-state index contributed by atoms with van der Waals surface area (Å²) in [6, 6.07) is 1.83. The lowest BCUT2D eigenvalue weighted by Gasteiger charge is -2.13. The van der Waals surface area contributed by atoms with Crippen LogP contribution < -0.4 is 5.32 Å². The smallest absolute Gasteiger partial charge is 0.326 e. The Morgan fingerprint density at radius 1 is 1.67 bits per heavy atom. The molecule has 0 saturated heterocycles. The highest BCUT2D eigenvalue weighted by molar-refractivity contribution is 5.79. The van der Waals surface area contributed by atoms with E-state index < -0.39 is 28.4 Å². The maximum atomic E-state index is 12.9. The number of nitro groups is 1. The standard InChI is InChI=1S/C11H11FN2O4/c1-2-3-9(11(15)16)13-8-5-4-7(12)6-10(8)14(17)18/h2,4-6,9,13H,1,3H2,(H,15,16). The molecule has 1 unspecified atom stereocenters. The third kappa shape index (κ3) is 3.27. The van der Waals surface area contributed by atoms with Crippen LogP contribution in [0.25, 0.3) is 0 Å². The van der Waals surface area contributed by atoms with Gasteiger partial charge in [0.05, 0.1) is 11.0 Å². The third-order valence-corrected chi connectivity index (χ3v) is 2.19. The summed E-state index contributed by atoms with van der Waals surface area (Å²) < 4.78 is 12.9. The van der Waals surface area contributed by atoms with Gasteiger partial charge in [0, 0.05) is 0 Å². The summed E-state index contributed by atoms with van der Waals surface area (Å²) in [7, 11) is 0. The Morgan fingerprint density at radius 2 is 2.33 bits per heavy atom. The van der Waals surface area contributed by atoms with Crippen LogP contribution in [0.3, 0.4) is 0 Å². The van der Waals surface area contributed by atoms with Crippen LogP contribution in [0.2, 0.25) is 0 Å². The van der Waals surface area contributed by atoms with Crippen LogP contribution in [0.15, 0.2) is 30.9 Å². The monoisotopic (exact) mass is 254 g/mol. The summed E-state index contributed by atoms with van der Waals surface area (Å²) in [6.45, 7) is 3.40. The van der Waals surface area contributed by atoms with E-state index in [1.54, 1.807) is 0 Å². The molecule has 0 fully saturated rings. The van der Waals surface area contributed by atoms with Crippen molar-refractivity contribution in [1.82, 2.24) is 0 Å². The molecule has 0 heterocycles. The van der Waals surface area contributed by atoms with Crippen LogP contribution >= 0.6 is 0 Å². The van der Waals surface area contributed by atoms with Crippen LogP contribution in [0, 0.1) is 15.9 Å². The predicted octanol–water partition coefficient (Wildman–Crippen LogP) is 2.18. The largest absolute Gasteiger partial charge is 0.480 e. The first-order valence-electron chi connectivity index (χ1n) is 5.00. The minimum Gasteiger partial charge on any atom is -0.480 e. The van der Waals surface area contributed by atoms with E-state index in [1.165, 1.54) is 6.08 Å². The first kappa shape index (κ1) is 13.6. The molecule has 0 aliphatic carbocycles. The van der Waals surface area contributed by atoms with Gasteiger partial charge in [0.2, 0.25) is 0 Å². The second kappa shape index (κ2) is 5.76. The molecule has 1 atom stereocenters. The molecule has 0 aromatic heterocycles. The number of hydrogen-bond donors (Lipinski definition) is 2. The highest BCUT2D eigenvalue weighted by Crippen LogP contribution is 2.26. The number of nitrogens with zero attached hydrogens (tertiary/aromatic N) is 1. The summed E-state index contributed by atoms with van der Waals surface area (Å²) in [6.07, 6.45) is 1.46. The number of carboxylic acids is 1. The zero-order valence-electron chi connectivity index (χ0n) is 9.30. The van der Waals surface area contributed by atoms with Gasteiger partial charge in [-0.2, -0.15) is 0 Å². The van der Waals surface area contributed by atoms with Gasteiger partial charge in [-0.25, -0.2) is 9.18 Å². The molecule has 1 aromatic carbocycles. The van der Waals surface area contributed by atoms with Gasteiger partial charge in [-0.3, -0.25) is 10.1 Å². The minimum atomic E-state index is -1.17. The molecule has 0 aliphatic heterocycles. The van der Waals surface area contributed by atoms with Crippen molar-refractivity contribution in [3.8, 4) is 0 Å². The molecule has 6 nitrogen and oxygen atoms in total. The maximum Gasteiger partial charge on any atom is 0.326 e. The number of anilines is 1. The van der Waals surface area contributed by atoms with Gasteiger partial charge < -0.3 is 10.4 Å². The lowest BCUT2D eigenvalue weighted by molar-refractivity contribution is -0.384. The van der Waals surface area contributed by atoms with Gasteiger partial charge in [0.1, 0.15) is 17.5 Å². The fourth-order valence-corrected chi connectivity index (χ4v) is 1.35. The lowest BCUT2D eigenvalue weighted by atomic mass is 10.1. The van der Waals surface area contributed by atoms with E-state index >= 15 is 0 Å². The van der Waals surface area contributed by atoms with Crippen molar-refractivity contribution >= 4 is 17.3 Å². The SMILES string of the molecule is C=CCC(Nc1ccc(F)cc1[N+](=O)[O-])C(=O)O. The summed E-state index contributed by atoms with van der Waals surface area (Å²) in [5.74, 6) is -1.93. The second-order valence-corrected chi connectivity index (χ2v) is 3.48.